The highest BCUT2D eigenvalue weighted by Gasteiger charge is 2.34. The van der Waals surface area contributed by atoms with Crippen LogP contribution in [-0.4, -0.2) is 45.5 Å². The number of aromatic nitrogens is 2. The molecule has 2 heterocycles. The lowest BCUT2D eigenvalue weighted by Crippen LogP contribution is -2.43. The largest absolute Gasteiger partial charge is 0.330 e. The molecule has 2 aromatic rings. The highest BCUT2D eigenvalue weighted by Crippen LogP contribution is 2.20. The molecule has 2 amide bonds. The van der Waals surface area contributed by atoms with Crippen LogP contribution in [0.2, 0.25) is 0 Å². The Bertz CT molecular complexity index is 764. The molecule has 0 spiro atoms. The van der Waals surface area contributed by atoms with Gasteiger partial charge in [-0.05, 0) is 18.4 Å². The summed E-state index contributed by atoms with van der Waals surface area (Å²) in [6.07, 6.45) is 1.75. The van der Waals surface area contributed by atoms with Gasteiger partial charge in [-0.1, -0.05) is 30.3 Å². The van der Waals surface area contributed by atoms with E-state index in [0.717, 1.165) is 16.7 Å². The first-order chi connectivity index (χ1) is 12.5. The zero-order chi connectivity index (χ0) is 18.5. The van der Waals surface area contributed by atoms with Crippen LogP contribution in [0.3, 0.4) is 0 Å². The Morgan fingerprint density at radius 3 is 2.77 bits per heavy atom. The van der Waals surface area contributed by atoms with Crippen molar-refractivity contribution in [3.63, 3.8) is 0 Å². The van der Waals surface area contributed by atoms with Crippen molar-refractivity contribution >= 4 is 17.5 Å². The van der Waals surface area contributed by atoms with E-state index in [1.54, 1.807) is 4.90 Å². The van der Waals surface area contributed by atoms with Crippen molar-refractivity contribution in [3.05, 3.63) is 48.3 Å². The Balaban J connectivity index is 1.61. The number of anilines is 1. The molecule has 26 heavy (non-hydrogen) atoms. The molecule has 1 aromatic carbocycles. The van der Waals surface area contributed by atoms with E-state index in [1.807, 2.05) is 30.3 Å². The van der Waals surface area contributed by atoms with E-state index in [-0.39, 0.29) is 18.2 Å². The van der Waals surface area contributed by atoms with Crippen molar-refractivity contribution in [2.24, 2.45) is 0 Å². The van der Waals surface area contributed by atoms with Crippen molar-refractivity contribution in [2.75, 3.05) is 11.9 Å². The van der Waals surface area contributed by atoms with Gasteiger partial charge in [0.2, 0.25) is 11.8 Å². The molecule has 138 valence electrons. The summed E-state index contributed by atoms with van der Waals surface area (Å²) >= 11 is 0. The molecule has 1 unspecified atom stereocenters. The summed E-state index contributed by atoms with van der Waals surface area (Å²) in [4.78, 5) is 26.7. The van der Waals surface area contributed by atoms with Crippen molar-refractivity contribution < 1.29 is 18.4 Å². The standard InChI is InChI=1S/C18H20F2N4O2/c19-16(20)12-23-11-14(10-21-23)22-18(26)15-7-4-8-24(15)17(25)9-13-5-2-1-3-6-13/h1-3,5-6,10-11,15-16H,4,7-9,12H2,(H,22,26). The molecule has 8 heteroatoms. The molecule has 1 fully saturated rings. The van der Waals surface area contributed by atoms with Crippen LogP contribution in [-0.2, 0) is 22.6 Å². The number of amides is 2. The maximum absolute atomic E-state index is 12.6. The highest BCUT2D eigenvalue weighted by atomic mass is 19.3. The third kappa shape index (κ3) is 4.44. The maximum Gasteiger partial charge on any atom is 0.257 e. The highest BCUT2D eigenvalue weighted by molar-refractivity contribution is 5.97. The number of nitrogens with zero attached hydrogens (tertiary/aromatic N) is 3. The minimum atomic E-state index is -2.51. The molecule has 1 aliphatic heterocycles. The van der Waals surface area contributed by atoms with Gasteiger partial charge in [0.25, 0.3) is 6.43 Å². The van der Waals surface area contributed by atoms with E-state index in [4.69, 9.17) is 0 Å². The Hall–Kier alpha value is -2.77. The predicted octanol–water partition coefficient (Wildman–Crippen LogP) is 2.32. The number of carbonyl (C=O) groups is 2. The van der Waals surface area contributed by atoms with Gasteiger partial charge in [-0.25, -0.2) is 8.78 Å². The monoisotopic (exact) mass is 362 g/mol. The second kappa shape index (κ2) is 8.07. The lowest BCUT2D eigenvalue weighted by atomic mass is 10.1. The molecule has 1 aliphatic rings. The van der Waals surface area contributed by atoms with Crippen LogP contribution in [0.15, 0.2) is 42.7 Å². The van der Waals surface area contributed by atoms with Gasteiger partial charge >= 0.3 is 0 Å². The van der Waals surface area contributed by atoms with Crippen LogP contribution in [0.5, 0.6) is 0 Å². The molecule has 1 saturated heterocycles. The summed E-state index contributed by atoms with van der Waals surface area (Å²) in [6, 6.07) is 8.82. The number of nitrogens with one attached hydrogen (secondary N) is 1. The van der Waals surface area contributed by atoms with Crippen LogP contribution in [0, 0.1) is 0 Å². The second-order valence-corrected chi connectivity index (χ2v) is 6.24. The van der Waals surface area contributed by atoms with Crippen molar-refractivity contribution in [2.45, 2.75) is 38.3 Å². The first kappa shape index (κ1) is 18.0. The van der Waals surface area contributed by atoms with Gasteiger partial charge in [0.15, 0.2) is 0 Å². The second-order valence-electron chi connectivity index (χ2n) is 6.24. The van der Waals surface area contributed by atoms with E-state index in [9.17, 15) is 18.4 Å². The fourth-order valence-corrected chi connectivity index (χ4v) is 3.10. The summed E-state index contributed by atoms with van der Waals surface area (Å²) in [7, 11) is 0. The zero-order valence-electron chi connectivity index (χ0n) is 14.1. The summed E-state index contributed by atoms with van der Waals surface area (Å²) < 4.78 is 25.8. The molecule has 0 bridgehead atoms. The number of benzene rings is 1. The van der Waals surface area contributed by atoms with Gasteiger partial charge in [0.05, 0.1) is 18.3 Å². The minimum Gasteiger partial charge on any atom is -0.330 e. The Morgan fingerprint density at radius 1 is 1.27 bits per heavy atom. The van der Waals surface area contributed by atoms with Gasteiger partial charge in [0.1, 0.15) is 12.6 Å². The topological polar surface area (TPSA) is 67.2 Å². The minimum absolute atomic E-state index is 0.0951. The number of likely N-dealkylation sites (tertiary alicyclic amines) is 1. The van der Waals surface area contributed by atoms with Crippen LogP contribution in [0.4, 0.5) is 14.5 Å². The molecule has 0 saturated carbocycles. The molecule has 3 rings (SSSR count). The molecular formula is C18H20F2N4O2. The normalized spacial score (nSPS) is 16.9. The number of hydrogen-bond donors (Lipinski definition) is 1. The quantitative estimate of drug-likeness (QED) is 0.858. The molecule has 0 aliphatic carbocycles. The number of carbonyl (C=O) groups excluding carboxylic acids is 2. The van der Waals surface area contributed by atoms with E-state index in [1.165, 1.54) is 12.4 Å². The molecule has 1 atom stereocenters. The van der Waals surface area contributed by atoms with E-state index >= 15 is 0 Å². The smallest absolute Gasteiger partial charge is 0.257 e. The fraction of sp³-hybridized carbons (Fsp3) is 0.389. The lowest BCUT2D eigenvalue weighted by Gasteiger charge is -2.23. The number of hydrogen-bond acceptors (Lipinski definition) is 3. The third-order valence-corrected chi connectivity index (χ3v) is 4.30. The first-order valence-electron chi connectivity index (χ1n) is 8.48. The summed E-state index contributed by atoms with van der Waals surface area (Å²) in [5.74, 6) is -0.414. The van der Waals surface area contributed by atoms with Crippen LogP contribution in [0.25, 0.3) is 0 Å². The molecule has 1 aromatic heterocycles. The predicted molar refractivity (Wildman–Crippen MR) is 91.7 cm³/mol. The van der Waals surface area contributed by atoms with E-state index < -0.39 is 19.0 Å². The van der Waals surface area contributed by atoms with Crippen molar-refractivity contribution in [1.29, 1.82) is 0 Å². The fourth-order valence-electron chi connectivity index (χ4n) is 3.10. The third-order valence-electron chi connectivity index (χ3n) is 4.30. The van der Waals surface area contributed by atoms with Crippen molar-refractivity contribution in [3.8, 4) is 0 Å². The number of halogens is 2. The average Bonchev–Trinajstić information content (AvgIpc) is 3.24. The maximum atomic E-state index is 12.6. The molecule has 1 N–H and O–H groups in total. The average molecular weight is 362 g/mol. The van der Waals surface area contributed by atoms with Crippen LogP contribution in [0.1, 0.15) is 18.4 Å². The van der Waals surface area contributed by atoms with E-state index in [0.29, 0.717) is 18.7 Å². The van der Waals surface area contributed by atoms with Gasteiger partial charge < -0.3 is 10.2 Å². The molecular weight excluding hydrogens is 342 g/mol. The SMILES string of the molecule is O=C(Nc1cnn(CC(F)F)c1)C1CCCN1C(=O)Cc1ccccc1. The zero-order valence-corrected chi connectivity index (χ0v) is 14.1. The van der Waals surface area contributed by atoms with Crippen molar-refractivity contribution in [1.82, 2.24) is 14.7 Å². The summed E-state index contributed by atoms with van der Waals surface area (Å²) in [5, 5.41) is 6.45. The van der Waals surface area contributed by atoms with Crippen LogP contribution < -0.4 is 5.32 Å². The Labute approximate surface area is 149 Å². The lowest BCUT2D eigenvalue weighted by molar-refractivity contribution is -0.136. The van der Waals surface area contributed by atoms with Crippen LogP contribution >= 0.6 is 0 Å². The van der Waals surface area contributed by atoms with Gasteiger partial charge in [-0.2, -0.15) is 5.10 Å². The molecule has 6 nitrogen and oxygen atoms in total. The Morgan fingerprint density at radius 2 is 2.04 bits per heavy atom. The van der Waals surface area contributed by atoms with Gasteiger partial charge in [-0.15, -0.1) is 0 Å². The summed E-state index contributed by atoms with van der Waals surface area (Å²) in [5.41, 5.74) is 1.25. The van der Waals surface area contributed by atoms with Gasteiger partial charge in [-0.3, -0.25) is 14.3 Å². The number of rotatable bonds is 6. The van der Waals surface area contributed by atoms with E-state index in [2.05, 4.69) is 10.4 Å². The first-order valence-corrected chi connectivity index (χ1v) is 8.48. The Kier molecular flexibility index (Phi) is 5.60. The summed E-state index contributed by atoms with van der Waals surface area (Å²) in [6.45, 7) is 0.00931. The molecule has 0 radical (unpaired) electrons. The van der Waals surface area contributed by atoms with Gasteiger partial charge in [0, 0.05) is 12.7 Å². The number of alkyl halides is 2.